The molecule has 4 heteroatoms. The Morgan fingerprint density at radius 2 is 1.84 bits per heavy atom. The van der Waals surface area contributed by atoms with E-state index in [1.807, 2.05) is 18.7 Å². The Morgan fingerprint density at radius 1 is 1.21 bits per heavy atom. The van der Waals surface area contributed by atoms with Crippen LogP contribution in [-0.4, -0.2) is 59.1 Å². The molecule has 2 aliphatic rings. The lowest BCUT2D eigenvalue weighted by atomic mass is 9.96. The van der Waals surface area contributed by atoms with Crippen LogP contribution in [0.25, 0.3) is 0 Å². The van der Waals surface area contributed by atoms with E-state index >= 15 is 0 Å². The van der Waals surface area contributed by atoms with Crippen molar-refractivity contribution in [3.63, 3.8) is 0 Å². The topological polar surface area (TPSA) is 43.8 Å². The fourth-order valence-electron chi connectivity index (χ4n) is 3.42. The molecule has 1 saturated heterocycles. The van der Waals surface area contributed by atoms with Crippen LogP contribution in [0.5, 0.6) is 0 Å². The molecule has 0 aromatic heterocycles. The van der Waals surface area contributed by atoms with E-state index in [9.17, 15) is 9.90 Å². The minimum absolute atomic E-state index is 0.265. The van der Waals surface area contributed by atoms with Gasteiger partial charge in [0.05, 0.1) is 5.60 Å². The van der Waals surface area contributed by atoms with Gasteiger partial charge in [-0.25, -0.2) is 0 Å². The highest BCUT2D eigenvalue weighted by atomic mass is 16.3. The molecule has 2 rings (SSSR count). The Bertz CT molecular complexity index is 317. The van der Waals surface area contributed by atoms with Crippen LogP contribution in [0.15, 0.2) is 0 Å². The van der Waals surface area contributed by atoms with Crippen LogP contribution in [-0.2, 0) is 4.79 Å². The molecule has 1 aliphatic carbocycles. The lowest BCUT2D eigenvalue weighted by Gasteiger charge is -2.38. The highest BCUT2D eigenvalue weighted by Crippen LogP contribution is 2.32. The van der Waals surface area contributed by atoms with E-state index in [0.29, 0.717) is 18.4 Å². The van der Waals surface area contributed by atoms with Gasteiger partial charge in [-0.1, -0.05) is 13.3 Å². The van der Waals surface area contributed by atoms with Crippen molar-refractivity contribution in [2.75, 3.05) is 32.7 Å². The van der Waals surface area contributed by atoms with Gasteiger partial charge in [0.1, 0.15) is 0 Å². The molecule has 19 heavy (non-hydrogen) atoms. The van der Waals surface area contributed by atoms with E-state index in [1.165, 1.54) is 12.8 Å². The number of β-amino-alcohol motifs (C(OH)–C–C–N with tert-alkyl or cyclic N) is 1. The van der Waals surface area contributed by atoms with E-state index in [2.05, 4.69) is 11.8 Å². The van der Waals surface area contributed by atoms with Crippen molar-refractivity contribution in [2.45, 2.75) is 45.6 Å². The average Bonchev–Trinajstić information content (AvgIpc) is 2.73. The summed E-state index contributed by atoms with van der Waals surface area (Å²) in [6, 6.07) is 0. The molecule has 0 radical (unpaired) electrons. The van der Waals surface area contributed by atoms with Gasteiger partial charge in [-0.3, -0.25) is 9.69 Å². The Morgan fingerprint density at radius 3 is 2.32 bits per heavy atom. The number of hydrogen-bond acceptors (Lipinski definition) is 3. The summed E-state index contributed by atoms with van der Waals surface area (Å²) in [5, 5.41) is 9.83. The third kappa shape index (κ3) is 3.93. The second-order valence-electron chi connectivity index (χ2n) is 6.93. The highest BCUT2D eigenvalue weighted by Gasteiger charge is 2.34. The Kier molecular flexibility index (Phi) is 4.51. The lowest BCUT2D eigenvalue weighted by molar-refractivity contribution is -0.138. The largest absolute Gasteiger partial charge is 0.389 e. The van der Waals surface area contributed by atoms with Gasteiger partial charge in [0, 0.05) is 38.6 Å². The summed E-state index contributed by atoms with van der Waals surface area (Å²) in [5.41, 5.74) is -0.647. The predicted molar refractivity (Wildman–Crippen MR) is 75.8 cm³/mol. The molecule has 0 aromatic rings. The standard InChI is InChI=1S/C15H28N2O2/c1-12-5-4-6-13(12)14(18)17-9-7-16(8-10-17)11-15(2,3)19/h12-13,19H,4-11H2,1-3H3. The van der Waals surface area contributed by atoms with Crippen molar-refractivity contribution in [3.05, 3.63) is 0 Å². The van der Waals surface area contributed by atoms with Crippen LogP contribution in [0, 0.1) is 11.8 Å². The van der Waals surface area contributed by atoms with Crippen molar-refractivity contribution < 1.29 is 9.90 Å². The smallest absolute Gasteiger partial charge is 0.226 e. The number of aliphatic hydroxyl groups is 1. The lowest BCUT2D eigenvalue weighted by Crippen LogP contribution is -2.53. The summed E-state index contributed by atoms with van der Waals surface area (Å²) in [6.07, 6.45) is 3.48. The van der Waals surface area contributed by atoms with Crippen molar-refractivity contribution in [2.24, 2.45) is 11.8 Å². The van der Waals surface area contributed by atoms with E-state index in [-0.39, 0.29) is 5.92 Å². The molecule has 2 atom stereocenters. The van der Waals surface area contributed by atoms with Crippen molar-refractivity contribution >= 4 is 5.91 Å². The Hall–Kier alpha value is -0.610. The maximum Gasteiger partial charge on any atom is 0.226 e. The minimum atomic E-state index is -0.647. The van der Waals surface area contributed by atoms with E-state index in [4.69, 9.17) is 0 Å². The molecule has 0 bridgehead atoms. The predicted octanol–water partition coefficient (Wildman–Crippen LogP) is 1.34. The maximum atomic E-state index is 12.5. The first kappa shape index (κ1) is 14.8. The average molecular weight is 268 g/mol. The summed E-state index contributed by atoms with van der Waals surface area (Å²) < 4.78 is 0. The summed E-state index contributed by atoms with van der Waals surface area (Å²) in [4.78, 5) is 16.7. The molecule has 1 aliphatic heterocycles. The number of piperazine rings is 1. The summed E-state index contributed by atoms with van der Waals surface area (Å²) >= 11 is 0. The first-order chi connectivity index (χ1) is 8.87. The van der Waals surface area contributed by atoms with Crippen LogP contribution >= 0.6 is 0 Å². The van der Waals surface area contributed by atoms with Gasteiger partial charge in [-0.05, 0) is 32.6 Å². The first-order valence-electron chi connectivity index (χ1n) is 7.60. The molecule has 2 unspecified atom stereocenters. The summed E-state index contributed by atoms with van der Waals surface area (Å²) in [5.74, 6) is 1.19. The molecule has 1 saturated carbocycles. The van der Waals surface area contributed by atoms with Gasteiger partial charge in [0.15, 0.2) is 0 Å². The number of rotatable bonds is 3. The molecule has 0 spiro atoms. The van der Waals surface area contributed by atoms with E-state index < -0.39 is 5.60 Å². The van der Waals surface area contributed by atoms with Gasteiger partial charge < -0.3 is 10.0 Å². The third-order valence-electron chi connectivity index (χ3n) is 4.47. The zero-order chi connectivity index (χ0) is 14.0. The van der Waals surface area contributed by atoms with Gasteiger partial charge in [-0.2, -0.15) is 0 Å². The van der Waals surface area contributed by atoms with Crippen LogP contribution in [0.4, 0.5) is 0 Å². The van der Waals surface area contributed by atoms with E-state index in [1.54, 1.807) is 0 Å². The van der Waals surface area contributed by atoms with Gasteiger partial charge >= 0.3 is 0 Å². The number of amides is 1. The van der Waals surface area contributed by atoms with Crippen molar-refractivity contribution in [1.29, 1.82) is 0 Å². The third-order valence-corrected chi connectivity index (χ3v) is 4.47. The van der Waals surface area contributed by atoms with Crippen molar-refractivity contribution in [3.8, 4) is 0 Å². The molecule has 1 heterocycles. The second kappa shape index (κ2) is 5.80. The molecule has 110 valence electrons. The number of hydrogen-bond donors (Lipinski definition) is 1. The molecular weight excluding hydrogens is 240 g/mol. The second-order valence-corrected chi connectivity index (χ2v) is 6.93. The summed E-state index contributed by atoms with van der Waals surface area (Å²) in [6.45, 7) is 9.98. The number of nitrogens with zero attached hydrogens (tertiary/aromatic N) is 2. The molecule has 2 fully saturated rings. The quantitative estimate of drug-likeness (QED) is 0.840. The Balaban J connectivity index is 1.81. The Labute approximate surface area is 116 Å². The summed E-state index contributed by atoms with van der Waals surface area (Å²) in [7, 11) is 0. The normalized spacial score (nSPS) is 29.8. The number of carbonyl (C=O) groups excluding carboxylic acids is 1. The van der Waals surface area contributed by atoms with Crippen LogP contribution in [0.2, 0.25) is 0 Å². The van der Waals surface area contributed by atoms with Crippen LogP contribution in [0.3, 0.4) is 0 Å². The zero-order valence-electron chi connectivity index (χ0n) is 12.6. The number of carbonyl (C=O) groups is 1. The fourth-order valence-corrected chi connectivity index (χ4v) is 3.42. The van der Waals surface area contributed by atoms with Crippen LogP contribution in [0.1, 0.15) is 40.0 Å². The molecule has 1 amide bonds. The highest BCUT2D eigenvalue weighted by molar-refractivity contribution is 5.79. The van der Waals surface area contributed by atoms with Crippen molar-refractivity contribution in [1.82, 2.24) is 9.80 Å². The monoisotopic (exact) mass is 268 g/mol. The van der Waals surface area contributed by atoms with E-state index in [0.717, 1.165) is 32.6 Å². The fraction of sp³-hybridized carbons (Fsp3) is 0.933. The molecule has 0 aromatic carbocycles. The zero-order valence-corrected chi connectivity index (χ0v) is 12.6. The first-order valence-corrected chi connectivity index (χ1v) is 7.60. The SMILES string of the molecule is CC1CCCC1C(=O)N1CCN(CC(C)(C)O)CC1. The van der Waals surface area contributed by atoms with Gasteiger partial charge in [-0.15, -0.1) is 0 Å². The van der Waals surface area contributed by atoms with Gasteiger partial charge in [0.2, 0.25) is 5.91 Å². The molecule has 4 nitrogen and oxygen atoms in total. The van der Waals surface area contributed by atoms with Crippen LogP contribution < -0.4 is 0 Å². The maximum absolute atomic E-state index is 12.5. The van der Waals surface area contributed by atoms with Gasteiger partial charge in [0.25, 0.3) is 0 Å². The molecular formula is C15H28N2O2. The minimum Gasteiger partial charge on any atom is -0.389 e. The molecule has 1 N–H and O–H groups in total.